The zero-order chi connectivity index (χ0) is 20.4. The van der Waals surface area contributed by atoms with Gasteiger partial charge in [-0.05, 0) is 29.8 Å². The van der Waals surface area contributed by atoms with E-state index >= 15 is 0 Å². The van der Waals surface area contributed by atoms with E-state index in [-0.39, 0.29) is 27.3 Å². The van der Waals surface area contributed by atoms with Crippen LogP contribution in [0.5, 0.6) is 5.75 Å². The van der Waals surface area contributed by atoms with Gasteiger partial charge in [0.15, 0.2) is 11.4 Å². The van der Waals surface area contributed by atoms with Crippen LogP contribution in [0, 0.1) is 0 Å². The summed E-state index contributed by atoms with van der Waals surface area (Å²) in [5, 5.41) is 21.0. The van der Waals surface area contributed by atoms with Crippen molar-refractivity contribution < 1.29 is 9.90 Å². The van der Waals surface area contributed by atoms with Crippen LogP contribution in [0.2, 0.25) is 10.0 Å². The van der Waals surface area contributed by atoms with Gasteiger partial charge in [-0.15, -0.1) is 11.8 Å². The molecule has 0 spiro atoms. The van der Waals surface area contributed by atoms with E-state index in [0.717, 1.165) is 16.0 Å². The SMILES string of the molecule is O=C(Nc1cccc(CSc2ncnc3[nH]ncc23)c1)c1cc(Cl)c(O)c(Cl)c1. The highest BCUT2D eigenvalue weighted by Gasteiger charge is 2.13. The number of nitrogens with zero attached hydrogens (tertiary/aromatic N) is 3. The van der Waals surface area contributed by atoms with Gasteiger partial charge in [-0.3, -0.25) is 9.89 Å². The van der Waals surface area contributed by atoms with Crippen molar-refractivity contribution in [3.05, 3.63) is 70.1 Å². The molecule has 0 aliphatic rings. The minimum absolute atomic E-state index is 0.0169. The predicted octanol–water partition coefficient (Wildman–Crippen LogP) is 4.91. The van der Waals surface area contributed by atoms with Gasteiger partial charge in [-0.25, -0.2) is 9.97 Å². The summed E-state index contributed by atoms with van der Waals surface area (Å²) in [5.74, 6) is 0.0209. The molecule has 0 bridgehead atoms. The van der Waals surface area contributed by atoms with Gasteiger partial charge in [-0.2, -0.15) is 5.10 Å². The third kappa shape index (κ3) is 4.29. The fourth-order valence-corrected chi connectivity index (χ4v) is 4.04. The summed E-state index contributed by atoms with van der Waals surface area (Å²) in [6.45, 7) is 0. The van der Waals surface area contributed by atoms with Crippen LogP contribution < -0.4 is 5.32 Å². The molecule has 0 atom stereocenters. The minimum atomic E-state index is -0.380. The Morgan fingerprint density at radius 2 is 1.97 bits per heavy atom. The number of rotatable bonds is 5. The van der Waals surface area contributed by atoms with Crippen molar-refractivity contribution in [2.45, 2.75) is 10.8 Å². The lowest BCUT2D eigenvalue weighted by Gasteiger charge is -2.09. The zero-order valence-corrected chi connectivity index (χ0v) is 17.0. The van der Waals surface area contributed by atoms with Crippen LogP contribution in [0.3, 0.4) is 0 Å². The number of carbonyl (C=O) groups is 1. The molecule has 10 heteroatoms. The van der Waals surface area contributed by atoms with Crippen LogP contribution in [-0.2, 0) is 5.75 Å². The molecule has 4 aromatic rings. The molecule has 2 aromatic carbocycles. The van der Waals surface area contributed by atoms with Gasteiger partial charge in [0.1, 0.15) is 11.4 Å². The number of phenols is 1. The molecule has 0 aliphatic heterocycles. The largest absolute Gasteiger partial charge is 0.505 e. The van der Waals surface area contributed by atoms with Gasteiger partial charge in [-0.1, -0.05) is 35.3 Å². The Hall–Kier alpha value is -2.81. The number of anilines is 1. The lowest BCUT2D eigenvalue weighted by molar-refractivity contribution is 0.102. The number of carbonyl (C=O) groups excluding carboxylic acids is 1. The van der Waals surface area contributed by atoms with Gasteiger partial charge in [0, 0.05) is 17.0 Å². The normalized spacial score (nSPS) is 11.0. The summed E-state index contributed by atoms with van der Waals surface area (Å²) >= 11 is 13.3. The molecular weight excluding hydrogens is 433 g/mol. The number of aromatic hydroxyl groups is 1. The van der Waals surface area contributed by atoms with Crippen molar-refractivity contribution in [3.8, 4) is 5.75 Å². The number of thioether (sulfide) groups is 1. The predicted molar refractivity (Wildman–Crippen MR) is 114 cm³/mol. The lowest BCUT2D eigenvalue weighted by Crippen LogP contribution is -2.12. The Balaban J connectivity index is 1.47. The molecule has 0 saturated carbocycles. The highest BCUT2D eigenvalue weighted by Crippen LogP contribution is 2.33. The Bertz CT molecular complexity index is 1190. The standard InChI is InChI=1S/C19H13Cl2N5O2S/c20-14-5-11(6-15(21)16(14)27)18(28)25-12-3-1-2-10(4-12)8-29-19-13-7-24-26-17(13)22-9-23-19/h1-7,9,27H,8H2,(H,25,28)(H,22,23,24,26). The van der Waals surface area contributed by atoms with Crippen LogP contribution in [0.25, 0.3) is 11.0 Å². The molecule has 146 valence electrons. The molecule has 0 radical (unpaired) electrons. The van der Waals surface area contributed by atoms with Crippen molar-refractivity contribution >= 4 is 57.6 Å². The molecule has 7 nitrogen and oxygen atoms in total. The number of aromatic nitrogens is 4. The first-order valence-corrected chi connectivity index (χ1v) is 10.1. The molecule has 2 aromatic heterocycles. The van der Waals surface area contributed by atoms with E-state index in [1.807, 2.05) is 18.2 Å². The minimum Gasteiger partial charge on any atom is -0.505 e. The van der Waals surface area contributed by atoms with Gasteiger partial charge < -0.3 is 10.4 Å². The highest BCUT2D eigenvalue weighted by atomic mass is 35.5. The molecule has 2 heterocycles. The number of phenolic OH excluding ortho intramolecular Hbond substituents is 1. The number of hydrogen-bond acceptors (Lipinski definition) is 6. The maximum absolute atomic E-state index is 12.5. The third-order valence-corrected chi connectivity index (χ3v) is 5.70. The molecule has 0 fully saturated rings. The topological polar surface area (TPSA) is 104 Å². The number of aromatic amines is 1. The first-order valence-electron chi connectivity index (χ1n) is 8.36. The van der Waals surface area contributed by atoms with E-state index in [0.29, 0.717) is 17.1 Å². The highest BCUT2D eigenvalue weighted by molar-refractivity contribution is 7.98. The van der Waals surface area contributed by atoms with E-state index in [1.54, 1.807) is 24.0 Å². The number of fused-ring (bicyclic) bond motifs is 1. The fraction of sp³-hybridized carbons (Fsp3) is 0.0526. The maximum Gasteiger partial charge on any atom is 0.255 e. The second-order valence-electron chi connectivity index (χ2n) is 6.04. The van der Waals surface area contributed by atoms with Crippen molar-refractivity contribution in [2.75, 3.05) is 5.32 Å². The maximum atomic E-state index is 12.5. The van der Waals surface area contributed by atoms with E-state index in [2.05, 4.69) is 25.5 Å². The average Bonchev–Trinajstić information content (AvgIpc) is 3.20. The first-order chi connectivity index (χ1) is 14.0. The van der Waals surface area contributed by atoms with Gasteiger partial charge in [0.2, 0.25) is 0 Å². The molecule has 4 rings (SSSR count). The fourth-order valence-electron chi connectivity index (χ4n) is 2.65. The quantitative estimate of drug-likeness (QED) is 0.297. The molecular formula is C19H13Cl2N5O2S. The Labute approximate surface area is 179 Å². The Morgan fingerprint density at radius 1 is 1.17 bits per heavy atom. The monoisotopic (exact) mass is 445 g/mol. The molecule has 0 unspecified atom stereocenters. The molecule has 29 heavy (non-hydrogen) atoms. The summed E-state index contributed by atoms with van der Waals surface area (Å²) in [6.07, 6.45) is 3.19. The smallest absolute Gasteiger partial charge is 0.255 e. The number of amides is 1. The average molecular weight is 446 g/mol. The van der Waals surface area contributed by atoms with Gasteiger partial charge in [0.25, 0.3) is 5.91 Å². The summed E-state index contributed by atoms with van der Waals surface area (Å²) in [4.78, 5) is 20.9. The summed E-state index contributed by atoms with van der Waals surface area (Å²) in [5.41, 5.74) is 2.57. The van der Waals surface area contributed by atoms with Crippen LogP contribution in [0.4, 0.5) is 5.69 Å². The van der Waals surface area contributed by atoms with Crippen molar-refractivity contribution in [2.24, 2.45) is 0 Å². The molecule has 3 N–H and O–H groups in total. The van der Waals surface area contributed by atoms with Crippen LogP contribution in [0.15, 0.2) is 53.9 Å². The second-order valence-corrected chi connectivity index (χ2v) is 7.82. The lowest BCUT2D eigenvalue weighted by atomic mass is 10.2. The van der Waals surface area contributed by atoms with Gasteiger partial charge >= 0.3 is 0 Å². The van der Waals surface area contributed by atoms with E-state index < -0.39 is 0 Å². The second kappa shape index (κ2) is 8.28. The number of hydrogen-bond donors (Lipinski definition) is 3. The van der Waals surface area contributed by atoms with E-state index in [4.69, 9.17) is 23.2 Å². The number of nitrogens with one attached hydrogen (secondary N) is 2. The summed E-state index contributed by atoms with van der Waals surface area (Å²) in [7, 11) is 0. The van der Waals surface area contributed by atoms with E-state index in [9.17, 15) is 9.90 Å². The number of benzene rings is 2. The zero-order valence-electron chi connectivity index (χ0n) is 14.7. The van der Waals surface area contributed by atoms with Crippen LogP contribution >= 0.6 is 35.0 Å². The molecule has 0 saturated heterocycles. The van der Waals surface area contributed by atoms with Crippen LogP contribution in [-0.4, -0.2) is 31.2 Å². The van der Waals surface area contributed by atoms with Crippen LogP contribution in [0.1, 0.15) is 15.9 Å². The summed E-state index contributed by atoms with van der Waals surface area (Å²) in [6, 6.07) is 10.2. The Morgan fingerprint density at radius 3 is 2.76 bits per heavy atom. The first kappa shape index (κ1) is 19.5. The number of halogens is 2. The van der Waals surface area contributed by atoms with E-state index in [1.165, 1.54) is 18.5 Å². The number of H-pyrrole nitrogens is 1. The third-order valence-electron chi connectivity index (χ3n) is 4.05. The molecule has 0 aliphatic carbocycles. The van der Waals surface area contributed by atoms with Gasteiger partial charge in [0.05, 0.1) is 21.6 Å². The summed E-state index contributed by atoms with van der Waals surface area (Å²) < 4.78 is 0. The molecule has 1 amide bonds. The Kier molecular flexibility index (Phi) is 5.57. The van der Waals surface area contributed by atoms with Crippen molar-refractivity contribution in [3.63, 3.8) is 0 Å². The van der Waals surface area contributed by atoms with Crippen molar-refractivity contribution in [1.82, 2.24) is 20.2 Å². The van der Waals surface area contributed by atoms with Crippen molar-refractivity contribution in [1.29, 1.82) is 0 Å².